The van der Waals surface area contributed by atoms with Crippen LogP contribution in [0.4, 0.5) is 11.6 Å². The van der Waals surface area contributed by atoms with Crippen molar-refractivity contribution < 1.29 is 9.47 Å². The van der Waals surface area contributed by atoms with Gasteiger partial charge in [0.05, 0.1) is 43.5 Å². The number of hydrogen-bond acceptors (Lipinski definition) is 8. The molecule has 1 unspecified atom stereocenters. The van der Waals surface area contributed by atoms with Gasteiger partial charge < -0.3 is 20.1 Å². The van der Waals surface area contributed by atoms with E-state index in [9.17, 15) is 0 Å². The Morgan fingerprint density at radius 3 is 2.55 bits per heavy atom. The maximum Gasteiger partial charge on any atom is 0.239 e. The molecule has 1 aromatic carbocycles. The summed E-state index contributed by atoms with van der Waals surface area (Å²) < 4.78 is 12.2. The maximum absolute atomic E-state index is 6.07. The molecule has 0 aliphatic carbocycles. The summed E-state index contributed by atoms with van der Waals surface area (Å²) in [6, 6.07) is 10.0. The van der Waals surface area contributed by atoms with Crippen LogP contribution in [0.25, 0.3) is 17.0 Å². The number of hydrogen-bond donors (Lipinski definition) is 2. The highest BCUT2D eigenvalue weighted by atomic mass is 32.1. The summed E-state index contributed by atoms with van der Waals surface area (Å²) in [6.45, 7) is 7.94. The van der Waals surface area contributed by atoms with Crippen molar-refractivity contribution in [2.75, 3.05) is 43.6 Å². The fraction of sp³-hybridized carbons (Fsp3) is 0.450. The zero-order valence-corrected chi connectivity index (χ0v) is 17.5. The number of nitrogen functional groups attached to an aromatic ring is 1. The van der Waals surface area contributed by atoms with Crippen molar-refractivity contribution in [1.82, 2.24) is 19.5 Å². The molecular formula is C20H26N6O2S. The highest BCUT2D eigenvalue weighted by Gasteiger charge is 2.22. The third kappa shape index (κ3) is 4.31. The first-order valence-electron chi connectivity index (χ1n) is 9.72. The number of ether oxygens (including phenoxy) is 2. The molecule has 2 fully saturated rings. The van der Waals surface area contributed by atoms with Crippen molar-refractivity contribution in [3.05, 3.63) is 36.2 Å². The Morgan fingerprint density at radius 1 is 1.10 bits per heavy atom. The second-order valence-electron chi connectivity index (χ2n) is 7.24. The average Bonchev–Trinajstić information content (AvgIpc) is 3.02. The second-order valence-corrected chi connectivity index (χ2v) is 7.97. The largest absolute Gasteiger partial charge is 0.383 e. The monoisotopic (exact) mass is 414 g/mol. The van der Waals surface area contributed by atoms with Crippen LogP contribution in [-0.4, -0.2) is 63.8 Å². The van der Waals surface area contributed by atoms with E-state index in [1.165, 1.54) is 0 Å². The molecule has 2 N–H and O–H groups in total. The Bertz CT molecular complexity index is 990. The first kappa shape index (κ1) is 19.9. The van der Waals surface area contributed by atoms with E-state index in [0.29, 0.717) is 30.2 Å². The normalized spacial score (nSPS) is 19.6. The Hall–Kier alpha value is -2.36. The van der Waals surface area contributed by atoms with Gasteiger partial charge in [0, 0.05) is 17.9 Å². The van der Waals surface area contributed by atoms with Crippen molar-refractivity contribution in [2.24, 2.45) is 0 Å². The van der Waals surface area contributed by atoms with Crippen molar-refractivity contribution in [1.29, 1.82) is 0 Å². The smallest absolute Gasteiger partial charge is 0.239 e. The number of anilines is 2. The predicted octanol–water partition coefficient (Wildman–Crippen LogP) is 2.25. The van der Waals surface area contributed by atoms with Gasteiger partial charge in [-0.05, 0) is 26.0 Å². The van der Waals surface area contributed by atoms with Crippen molar-refractivity contribution in [3.63, 3.8) is 0 Å². The van der Waals surface area contributed by atoms with Gasteiger partial charge in [-0.15, -0.1) is 0 Å². The standard InChI is InChI=1S/C17H20N6O.C3H6OS/c1-11-10-24-8-7-22(11)16-9-15(18)20-17(21-16)23-12(2)19-13-5-3-4-6-14(13)23;5-3-1-4-2-3/h3-6,9,11H,7-8,10H2,1-2H3,(H2,18,20,21);3,5H,1-2H2. The van der Waals surface area contributed by atoms with Gasteiger partial charge in [0.25, 0.3) is 0 Å². The number of thiol groups is 1. The first-order chi connectivity index (χ1) is 14.0. The Balaban J connectivity index is 0.000000359. The lowest BCUT2D eigenvalue weighted by atomic mass is 10.2. The number of nitrogens with zero attached hydrogens (tertiary/aromatic N) is 5. The molecule has 2 aromatic heterocycles. The molecule has 2 aliphatic rings. The van der Waals surface area contributed by atoms with Crippen LogP contribution in [0.2, 0.25) is 0 Å². The number of para-hydroxylation sites is 2. The predicted molar refractivity (Wildman–Crippen MR) is 117 cm³/mol. The molecule has 9 heteroatoms. The summed E-state index contributed by atoms with van der Waals surface area (Å²) in [4.78, 5) is 16.0. The molecule has 0 bridgehead atoms. The third-order valence-electron chi connectivity index (χ3n) is 4.93. The molecule has 5 rings (SSSR count). The highest BCUT2D eigenvalue weighted by molar-refractivity contribution is 7.81. The quantitative estimate of drug-likeness (QED) is 0.622. The number of aromatic nitrogens is 4. The van der Waals surface area contributed by atoms with Gasteiger partial charge in [-0.3, -0.25) is 4.57 Å². The molecule has 2 saturated heterocycles. The molecule has 1 atom stereocenters. The second kappa shape index (κ2) is 8.56. The van der Waals surface area contributed by atoms with Crippen LogP contribution in [-0.2, 0) is 9.47 Å². The van der Waals surface area contributed by atoms with Crippen LogP contribution in [0.1, 0.15) is 12.7 Å². The van der Waals surface area contributed by atoms with Crippen molar-refractivity contribution in [3.8, 4) is 5.95 Å². The molecule has 0 amide bonds. The minimum absolute atomic E-state index is 0.251. The Morgan fingerprint density at radius 2 is 1.86 bits per heavy atom. The van der Waals surface area contributed by atoms with Gasteiger partial charge in [0.15, 0.2) is 0 Å². The first-order valence-corrected chi connectivity index (χ1v) is 10.2. The summed E-state index contributed by atoms with van der Waals surface area (Å²) >= 11 is 4.06. The Kier molecular flexibility index (Phi) is 5.89. The minimum atomic E-state index is 0.251. The lowest BCUT2D eigenvalue weighted by Gasteiger charge is -2.34. The molecule has 3 aromatic rings. The summed E-state index contributed by atoms with van der Waals surface area (Å²) in [7, 11) is 0. The SMILES string of the molecule is Cc1nc2ccccc2n1-c1nc(N)cc(N2CCOCC2C)n1.SC1COC1. The number of imidazole rings is 1. The molecule has 2 aliphatic heterocycles. The molecule has 154 valence electrons. The highest BCUT2D eigenvalue weighted by Crippen LogP contribution is 2.24. The molecular weight excluding hydrogens is 388 g/mol. The summed E-state index contributed by atoms with van der Waals surface area (Å²) in [6.07, 6.45) is 0. The number of aryl methyl sites for hydroxylation is 1. The van der Waals surface area contributed by atoms with Crippen LogP contribution >= 0.6 is 12.6 Å². The van der Waals surface area contributed by atoms with E-state index in [2.05, 4.69) is 34.4 Å². The fourth-order valence-corrected chi connectivity index (χ4v) is 3.59. The van der Waals surface area contributed by atoms with Crippen molar-refractivity contribution >= 4 is 35.3 Å². The molecule has 0 saturated carbocycles. The lowest BCUT2D eigenvalue weighted by molar-refractivity contribution is 0.0463. The van der Waals surface area contributed by atoms with Crippen LogP contribution < -0.4 is 10.6 Å². The van der Waals surface area contributed by atoms with Gasteiger partial charge >= 0.3 is 0 Å². The molecule has 0 radical (unpaired) electrons. The van der Waals surface area contributed by atoms with Gasteiger partial charge in [-0.2, -0.15) is 22.6 Å². The Labute approximate surface area is 175 Å². The number of benzene rings is 1. The van der Waals surface area contributed by atoms with E-state index in [4.69, 9.17) is 20.2 Å². The van der Waals surface area contributed by atoms with Crippen LogP contribution in [0.15, 0.2) is 30.3 Å². The van der Waals surface area contributed by atoms with E-state index >= 15 is 0 Å². The maximum atomic E-state index is 6.07. The molecule has 0 spiro atoms. The topological polar surface area (TPSA) is 91.3 Å². The van der Waals surface area contributed by atoms with E-state index in [1.807, 2.05) is 41.8 Å². The van der Waals surface area contributed by atoms with E-state index in [1.54, 1.807) is 0 Å². The zero-order valence-electron chi connectivity index (χ0n) is 16.7. The van der Waals surface area contributed by atoms with Crippen LogP contribution in [0, 0.1) is 6.92 Å². The number of fused-ring (bicyclic) bond motifs is 1. The molecule has 4 heterocycles. The van der Waals surface area contributed by atoms with Gasteiger partial charge in [-0.25, -0.2) is 4.98 Å². The van der Waals surface area contributed by atoms with Crippen LogP contribution in [0.3, 0.4) is 0 Å². The fourth-order valence-electron chi connectivity index (χ4n) is 3.38. The number of nitrogens with two attached hydrogens (primary N) is 1. The number of morpholine rings is 1. The van der Waals surface area contributed by atoms with E-state index < -0.39 is 0 Å². The summed E-state index contributed by atoms with van der Waals surface area (Å²) in [5.41, 5.74) is 7.96. The van der Waals surface area contributed by atoms with E-state index in [0.717, 1.165) is 42.4 Å². The summed E-state index contributed by atoms with van der Waals surface area (Å²) in [5.74, 6) is 2.66. The van der Waals surface area contributed by atoms with Crippen LogP contribution in [0.5, 0.6) is 0 Å². The number of rotatable bonds is 2. The average molecular weight is 415 g/mol. The van der Waals surface area contributed by atoms with E-state index in [-0.39, 0.29) is 6.04 Å². The lowest BCUT2D eigenvalue weighted by Crippen LogP contribution is -2.44. The van der Waals surface area contributed by atoms with Gasteiger partial charge in [0.1, 0.15) is 17.5 Å². The molecule has 8 nitrogen and oxygen atoms in total. The van der Waals surface area contributed by atoms with Gasteiger partial charge in [-0.1, -0.05) is 12.1 Å². The third-order valence-corrected chi connectivity index (χ3v) is 5.23. The minimum Gasteiger partial charge on any atom is -0.383 e. The zero-order chi connectivity index (χ0) is 20.4. The summed E-state index contributed by atoms with van der Waals surface area (Å²) in [5, 5.41) is 0.537. The van der Waals surface area contributed by atoms with Crippen molar-refractivity contribution in [2.45, 2.75) is 25.1 Å². The van der Waals surface area contributed by atoms with Gasteiger partial charge in [0.2, 0.25) is 5.95 Å². The molecule has 29 heavy (non-hydrogen) atoms.